The highest BCUT2D eigenvalue weighted by Gasteiger charge is 2.42. The van der Waals surface area contributed by atoms with Crippen LogP contribution in [0.2, 0.25) is 0 Å². The van der Waals surface area contributed by atoms with Gasteiger partial charge in [-0.2, -0.15) is 0 Å². The summed E-state index contributed by atoms with van der Waals surface area (Å²) in [4.78, 5) is 16.9. The van der Waals surface area contributed by atoms with Crippen molar-refractivity contribution in [2.45, 2.75) is 58.2 Å². The zero-order chi connectivity index (χ0) is 16.4. The smallest absolute Gasteiger partial charge is 0.320 e. The van der Waals surface area contributed by atoms with Gasteiger partial charge in [-0.25, -0.2) is 4.79 Å². The van der Waals surface area contributed by atoms with E-state index in [1.807, 2.05) is 18.7 Å². The van der Waals surface area contributed by atoms with Gasteiger partial charge in [0.15, 0.2) is 0 Å². The molecule has 2 aliphatic rings. The minimum atomic E-state index is 0.180. The Morgan fingerprint density at radius 2 is 2.00 bits per heavy atom. The van der Waals surface area contributed by atoms with E-state index in [0.717, 1.165) is 57.0 Å². The van der Waals surface area contributed by atoms with Crippen molar-refractivity contribution in [3.63, 3.8) is 0 Å². The number of urea groups is 1. The minimum Gasteiger partial charge on any atom is -0.384 e. The van der Waals surface area contributed by atoms with Crippen LogP contribution in [0.3, 0.4) is 0 Å². The SMILES string of the molecule is CCN(CC)C(=O)N1C2CCC1Cn1c(CCOC)nnc1C2. The molecule has 2 unspecified atom stereocenters. The topological polar surface area (TPSA) is 63.5 Å². The van der Waals surface area contributed by atoms with Gasteiger partial charge in [0, 0.05) is 45.6 Å². The van der Waals surface area contributed by atoms with Crippen LogP contribution in [0.1, 0.15) is 38.3 Å². The van der Waals surface area contributed by atoms with Crippen molar-refractivity contribution in [1.82, 2.24) is 24.6 Å². The molecule has 2 atom stereocenters. The van der Waals surface area contributed by atoms with Crippen molar-refractivity contribution in [3.05, 3.63) is 11.6 Å². The molecule has 7 nitrogen and oxygen atoms in total. The summed E-state index contributed by atoms with van der Waals surface area (Å²) < 4.78 is 7.38. The van der Waals surface area contributed by atoms with E-state index < -0.39 is 0 Å². The van der Waals surface area contributed by atoms with E-state index in [-0.39, 0.29) is 18.1 Å². The highest BCUT2D eigenvalue weighted by Crippen LogP contribution is 2.32. The van der Waals surface area contributed by atoms with Gasteiger partial charge in [-0.3, -0.25) is 0 Å². The predicted octanol–water partition coefficient (Wildman–Crippen LogP) is 1.32. The van der Waals surface area contributed by atoms with Crippen LogP contribution in [0, 0.1) is 0 Å². The number of carbonyl (C=O) groups excluding carboxylic acids is 1. The number of methoxy groups -OCH3 is 1. The van der Waals surface area contributed by atoms with Crippen LogP contribution in [-0.4, -0.2) is 69.5 Å². The van der Waals surface area contributed by atoms with Gasteiger partial charge in [-0.1, -0.05) is 0 Å². The van der Waals surface area contributed by atoms with Gasteiger partial charge in [0.2, 0.25) is 0 Å². The molecule has 1 aromatic rings. The Morgan fingerprint density at radius 1 is 1.26 bits per heavy atom. The summed E-state index contributed by atoms with van der Waals surface area (Å²) in [6.07, 6.45) is 3.71. The number of hydrogen-bond donors (Lipinski definition) is 0. The zero-order valence-electron chi connectivity index (χ0n) is 14.4. The van der Waals surface area contributed by atoms with Crippen molar-refractivity contribution in [1.29, 1.82) is 0 Å². The first-order valence-electron chi connectivity index (χ1n) is 8.66. The average Bonchev–Trinajstić information content (AvgIpc) is 3.06. The minimum absolute atomic E-state index is 0.180. The monoisotopic (exact) mass is 321 g/mol. The quantitative estimate of drug-likeness (QED) is 0.820. The van der Waals surface area contributed by atoms with Gasteiger partial charge >= 0.3 is 6.03 Å². The van der Waals surface area contributed by atoms with Crippen LogP contribution in [-0.2, 0) is 24.1 Å². The van der Waals surface area contributed by atoms with Gasteiger partial charge in [-0.15, -0.1) is 10.2 Å². The molecule has 1 fully saturated rings. The zero-order valence-corrected chi connectivity index (χ0v) is 14.4. The van der Waals surface area contributed by atoms with Crippen LogP contribution in [0.4, 0.5) is 4.79 Å². The fraction of sp³-hybridized carbons (Fsp3) is 0.812. The second-order valence-corrected chi connectivity index (χ2v) is 6.34. The number of aromatic nitrogens is 3. The Kier molecular flexibility index (Phi) is 4.84. The lowest BCUT2D eigenvalue weighted by molar-refractivity contribution is 0.133. The van der Waals surface area contributed by atoms with Crippen molar-refractivity contribution < 1.29 is 9.53 Å². The molecule has 1 saturated heterocycles. The Labute approximate surface area is 137 Å². The maximum atomic E-state index is 12.9. The highest BCUT2D eigenvalue weighted by atomic mass is 16.5. The lowest BCUT2D eigenvalue weighted by atomic mass is 10.1. The molecular weight excluding hydrogens is 294 g/mol. The number of ether oxygens (including phenoxy) is 1. The third-order valence-electron chi connectivity index (χ3n) is 5.12. The van der Waals surface area contributed by atoms with E-state index in [1.165, 1.54) is 0 Å². The Balaban J connectivity index is 1.82. The molecule has 1 aromatic heterocycles. The molecule has 0 radical (unpaired) electrons. The number of rotatable bonds is 5. The molecule has 0 saturated carbocycles. The van der Waals surface area contributed by atoms with Gasteiger partial charge in [0.05, 0.1) is 12.6 Å². The number of amides is 2. The molecule has 7 heteroatoms. The Bertz CT molecular complexity index is 555. The van der Waals surface area contributed by atoms with Crippen LogP contribution >= 0.6 is 0 Å². The second-order valence-electron chi connectivity index (χ2n) is 6.34. The third kappa shape index (κ3) is 2.94. The summed E-state index contributed by atoms with van der Waals surface area (Å²) in [6, 6.07) is 0.695. The summed E-state index contributed by atoms with van der Waals surface area (Å²) in [6.45, 7) is 7.06. The normalized spacial score (nSPS) is 22.8. The largest absolute Gasteiger partial charge is 0.384 e. The van der Waals surface area contributed by atoms with Crippen LogP contribution in [0.25, 0.3) is 0 Å². The second kappa shape index (κ2) is 6.86. The first-order chi connectivity index (χ1) is 11.2. The molecule has 0 aliphatic carbocycles. The van der Waals surface area contributed by atoms with E-state index in [9.17, 15) is 4.79 Å². The van der Waals surface area contributed by atoms with Gasteiger partial charge < -0.3 is 19.1 Å². The molecule has 3 heterocycles. The van der Waals surface area contributed by atoms with Crippen molar-refractivity contribution >= 4 is 6.03 Å². The van der Waals surface area contributed by atoms with E-state index >= 15 is 0 Å². The Morgan fingerprint density at radius 3 is 2.70 bits per heavy atom. The molecule has 0 spiro atoms. The molecular formula is C16H27N5O2. The summed E-state index contributed by atoms with van der Waals surface area (Å²) in [5.74, 6) is 1.99. The fourth-order valence-electron chi connectivity index (χ4n) is 3.84. The van der Waals surface area contributed by atoms with E-state index in [0.29, 0.717) is 6.61 Å². The summed E-state index contributed by atoms with van der Waals surface area (Å²) in [5, 5.41) is 8.70. The first kappa shape index (κ1) is 16.2. The molecule has 0 N–H and O–H groups in total. The van der Waals surface area contributed by atoms with E-state index in [4.69, 9.17) is 4.74 Å². The van der Waals surface area contributed by atoms with Crippen molar-refractivity contribution in [2.24, 2.45) is 0 Å². The highest BCUT2D eigenvalue weighted by molar-refractivity contribution is 5.75. The average molecular weight is 321 g/mol. The maximum absolute atomic E-state index is 12.9. The molecule has 23 heavy (non-hydrogen) atoms. The lowest BCUT2D eigenvalue weighted by Gasteiger charge is -2.33. The lowest BCUT2D eigenvalue weighted by Crippen LogP contribution is -2.49. The summed E-state index contributed by atoms with van der Waals surface area (Å²) in [5.41, 5.74) is 0. The Hall–Kier alpha value is -1.63. The molecule has 2 amide bonds. The van der Waals surface area contributed by atoms with Gasteiger partial charge in [0.25, 0.3) is 0 Å². The first-order valence-corrected chi connectivity index (χ1v) is 8.66. The number of hydrogen-bond acceptors (Lipinski definition) is 4. The van der Waals surface area contributed by atoms with Crippen LogP contribution in [0.5, 0.6) is 0 Å². The third-order valence-corrected chi connectivity index (χ3v) is 5.12. The predicted molar refractivity (Wildman–Crippen MR) is 86.3 cm³/mol. The van der Waals surface area contributed by atoms with Crippen molar-refractivity contribution in [3.8, 4) is 0 Å². The van der Waals surface area contributed by atoms with E-state index in [1.54, 1.807) is 7.11 Å². The van der Waals surface area contributed by atoms with Crippen LogP contribution < -0.4 is 0 Å². The maximum Gasteiger partial charge on any atom is 0.320 e. The van der Waals surface area contributed by atoms with Crippen molar-refractivity contribution in [2.75, 3.05) is 26.8 Å². The molecule has 128 valence electrons. The number of carbonyl (C=O) groups is 1. The standard InChI is InChI=1S/C16H27N5O2/c1-4-19(5-2)16(22)21-12-6-7-13(21)11-20-14(8-9-23-3)17-18-15(20)10-12/h12-13H,4-11H2,1-3H3. The summed E-state index contributed by atoms with van der Waals surface area (Å²) >= 11 is 0. The molecule has 0 aromatic carbocycles. The van der Waals surface area contributed by atoms with E-state index in [2.05, 4.69) is 19.7 Å². The number of fused-ring (bicyclic) bond motifs is 3. The molecule has 3 rings (SSSR count). The molecule has 2 aliphatic heterocycles. The van der Waals surface area contributed by atoms with Gasteiger partial charge in [-0.05, 0) is 26.7 Å². The molecule has 2 bridgehead atoms. The van der Waals surface area contributed by atoms with Gasteiger partial charge in [0.1, 0.15) is 11.6 Å². The van der Waals surface area contributed by atoms with Crippen LogP contribution in [0.15, 0.2) is 0 Å². The fourth-order valence-corrected chi connectivity index (χ4v) is 3.84. The number of nitrogens with zero attached hydrogens (tertiary/aromatic N) is 5. The summed E-state index contributed by atoms with van der Waals surface area (Å²) in [7, 11) is 1.70.